The second-order valence-corrected chi connectivity index (χ2v) is 5.95. The van der Waals surface area contributed by atoms with Crippen LogP contribution in [0.3, 0.4) is 0 Å². The summed E-state index contributed by atoms with van der Waals surface area (Å²) in [4.78, 5) is 5.76. The fourth-order valence-electron chi connectivity index (χ4n) is 2.54. The molecule has 0 amide bonds. The van der Waals surface area contributed by atoms with Crippen LogP contribution in [-0.4, -0.2) is 31.1 Å². The van der Waals surface area contributed by atoms with Gasteiger partial charge in [0.15, 0.2) is 0 Å². The summed E-state index contributed by atoms with van der Waals surface area (Å²) in [6.45, 7) is 9.23. The van der Waals surface area contributed by atoms with Crippen LogP contribution in [0.5, 0.6) is 0 Å². The Bertz CT molecular complexity index is 338. The first-order chi connectivity index (χ1) is 8.35. The molecule has 2 nitrogen and oxygen atoms in total. The summed E-state index contributed by atoms with van der Waals surface area (Å²) < 4.78 is 0. The molecule has 1 fully saturated rings. The summed E-state index contributed by atoms with van der Waals surface area (Å²) in [6.07, 6.45) is 3.74. The van der Waals surface area contributed by atoms with Gasteiger partial charge in [0, 0.05) is 42.0 Å². The molecule has 5 heteroatoms. The molecule has 0 aromatic carbocycles. The monoisotopic (exact) mass is 324 g/mol. The number of hydrogen-bond donors (Lipinski definition) is 1. The van der Waals surface area contributed by atoms with E-state index in [1.54, 1.807) is 4.88 Å². The zero-order valence-corrected chi connectivity index (χ0v) is 14.3. The van der Waals surface area contributed by atoms with E-state index >= 15 is 0 Å². The quantitative estimate of drug-likeness (QED) is 0.883. The molecule has 1 aromatic heterocycles. The van der Waals surface area contributed by atoms with Gasteiger partial charge in [-0.3, -0.25) is 4.90 Å². The van der Waals surface area contributed by atoms with Gasteiger partial charge in [-0.1, -0.05) is 20.3 Å². The van der Waals surface area contributed by atoms with Gasteiger partial charge in [-0.25, -0.2) is 0 Å². The second kappa shape index (κ2) is 10.0. The molecule has 1 N–H and O–H groups in total. The number of thiophene rings is 1. The van der Waals surface area contributed by atoms with Crippen molar-refractivity contribution in [3.63, 3.8) is 0 Å². The van der Waals surface area contributed by atoms with E-state index < -0.39 is 0 Å². The molecule has 0 unspecified atom stereocenters. The molecular weight excluding hydrogens is 299 g/mol. The van der Waals surface area contributed by atoms with Gasteiger partial charge >= 0.3 is 0 Å². The van der Waals surface area contributed by atoms with Crippen molar-refractivity contribution in [1.29, 1.82) is 0 Å². The van der Waals surface area contributed by atoms with Crippen molar-refractivity contribution in [2.24, 2.45) is 0 Å². The van der Waals surface area contributed by atoms with E-state index in [2.05, 4.69) is 36.2 Å². The molecular formula is C14H26Cl2N2S. The van der Waals surface area contributed by atoms with Gasteiger partial charge in [-0.05, 0) is 25.0 Å². The van der Waals surface area contributed by atoms with Crippen LogP contribution >= 0.6 is 36.2 Å². The van der Waals surface area contributed by atoms with Crippen LogP contribution in [0.4, 0.5) is 0 Å². The highest BCUT2D eigenvalue weighted by Crippen LogP contribution is 2.31. The maximum atomic E-state index is 3.44. The van der Waals surface area contributed by atoms with Gasteiger partial charge in [0.1, 0.15) is 0 Å². The van der Waals surface area contributed by atoms with Crippen LogP contribution in [0.1, 0.15) is 42.5 Å². The van der Waals surface area contributed by atoms with Gasteiger partial charge in [-0.15, -0.1) is 36.2 Å². The molecule has 19 heavy (non-hydrogen) atoms. The molecule has 2 rings (SSSR count). The third kappa shape index (κ3) is 5.24. The van der Waals surface area contributed by atoms with Gasteiger partial charge in [0.2, 0.25) is 0 Å². The summed E-state index contributed by atoms with van der Waals surface area (Å²) in [5.74, 6) is 0. The van der Waals surface area contributed by atoms with Gasteiger partial charge < -0.3 is 5.32 Å². The van der Waals surface area contributed by atoms with E-state index in [-0.39, 0.29) is 24.8 Å². The molecule has 1 aliphatic rings. The molecule has 112 valence electrons. The summed E-state index contributed by atoms with van der Waals surface area (Å²) in [5.41, 5.74) is 0. The number of piperazine rings is 1. The Morgan fingerprint density at radius 1 is 1.21 bits per heavy atom. The topological polar surface area (TPSA) is 15.3 Å². The summed E-state index contributed by atoms with van der Waals surface area (Å²) >= 11 is 2.01. The Hall–Kier alpha value is 0.200. The van der Waals surface area contributed by atoms with Crippen molar-refractivity contribution in [2.45, 2.75) is 39.2 Å². The number of nitrogens with zero attached hydrogens (tertiary/aromatic N) is 1. The Morgan fingerprint density at radius 2 is 1.89 bits per heavy atom. The third-order valence-electron chi connectivity index (χ3n) is 3.51. The zero-order valence-electron chi connectivity index (χ0n) is 11.9. The van der Waals surface area contributed by atoms with Crippen LogP contribution in [0.2, 0.25) is 0 Å². The van der Waals surface area contributed by atoms with Gasteiger partial charge in [0.25, 0.3) is 0 Å². The van der Waals surface area contributed by atoms with Crippen LogP contribution in [0.25, 0.3) is 0 Å². The lowest BCUT2D eigenvalue weighted by molar-refractivity contribution is 0.167. The fraction of sp³-hybridized carbons (Fsp3) is 0.714. The minimum absolute atomic E-state index is 0. The average Bonchev–Trinajstić information content (AvgIpc) is 2.85. The summed E-state index contributed by atoms with van der Waals surface area (Å²) in [5, 5.41) is 3.44. The van der Waals surface area contributed by atoms with Crippen molar-refractivity contribution in [3.8, 4) is 0 Å². The van der Waals surface area contributed by atoms with Crippen LogP contribution in [0.15, 0.2) is 12.1 Å². The number of rotatable bonds is 5. The first-order valence-corrected chi connectivity index (χ1v) is 7.70. The van der Waals surface area contributed by atoms with E-state index in [4.69, 9.17) is 0 Å². The molecule has 0 radical (unpaired) electrons. The van der Waals surface area contributed by atoms with Crippen molar-refractivity contribution in [3.05, 3.63) is 21.9 Å². The highest BCUT2D eigenvalue weighted by atomic mass is 35.5. The van der Waals surface area contributed by atoms with E-state index in [0.29, 0.717) is 6.04 Å². The number of hydrogen-bond acceptors (Lipinski definition) is 3. The van der Waals surface area contributed by atoms with Crippen LogP contribution < -0.4 is 5.32 Å². The minimum Gasteiger partial charge on any atom is -0.314 e. The summed E-state index contributed by atoms with van der Waals surface area (Å²) in [7, 11) is 0. The molecule has 1 aromatic rings. The van der Waals surface area contributed by atoms with Crippen molar-refractivity contribution in [2.75, 3.05) is 26.2 Å². The van der Waals surface area contributed by atoms with Crippen molar-refractivity contribution >= 4 is 36.2 Å². The van der Waals surface area contributed by atoms with E-state index in [9.17, 15) is 0 Å². The molecule has 0 saturated carbocycles. The fourth-order valence-corrected chi connectivity index (χ4v) is 3.66. The SMILES string of the molecule is CCC[C@@H](c1ccc(CC)s1)N1CCNCC1.Cl.Cl. The molecule has 0 spiro atoms. The Labute approximate surface area is 133 Å². The normalized spacial score (nSPS) is 17.4. The lowest BCUT2D eigenvalue weighted by Crippen LogP contribution is -2.45. The predicted octanol–water partition coefficient (Wildman–Crippen LogP) is 3.90. The Morgan fingerprint density at radius 3 is 2.42 bits per heavy atom. The van der Waals surface area contributed by atoms with Gasteiger partial charge in [0.05, 0.1) is 0 Å². The standard InChI is InChI=1S/C14H24N2S.2ClH/c1-3-5-13(16-10-8-15-9-11-16)14-7-6-12(4-2)17-14;;/h6-7,13,15H,3-5,8-11H2,1-2H3;2*1H/t13-;;/m0../s1. The molecule has 1 aliphatic heterocycles. The second-order valence-electron chi connectivity index (χ2n) is 4.75. The number of aryl methyl sites for hydroxylation is 1. The Balaban J connectivity index is 0.00000162. The van der Waals surface area contributed by atoms with Crippen molar-refractivity contribution < 1.29 is 0 Å². The minimum atomic E-state index is 0. The summed E-state index contributed by atoms with van der Waals surface area (Å²) in [6, 6.07) is 5.32. The molecule has 2 heterocycles. The van der Waals surface area contributed by atoms with Crippen LogP contribution in [0, 0.1) is 0 Å². The smallest absolute Gasteiger partial charge is 0.0442 e. The maximum Gasteiger partial charge on any atom is 0.0442 e. The molecule has 0 aliphatic carbocycles. The molecule has 1 atom stereocenters. The van der Waals surface area contributed by atoms with Gasteiger partial charge in [-0.2, -0.15) is 0 Å². The Kier molecular flexibility index (Phi) is 10.1. The highest BCUT2D eigenvalue weighted by Gasteiger charge is 2.22. The molecule has 0 bridgehead atoms. The lowest BCUT2D eigenvalue weighted by atomic mass is 10.1. The predicted molar refractivity (Wildman–Crippen MR) is 90.3 cm³/mol. The molecule has 1 saturated heterocycles. The van der Waals surface area contributed by atoms with Crippen molar-refractivity contribution in [1.82, 2.24) is 10.2 Å². The third-order valence-corrected chi connectivity index (χ3v) is 4.84. The average molecular weight is 325 g/mol. The van der Waals surface area contributed by atoms with E-state index in [0.717, 1.165) is 13.1 Å². The first kappa shape index (κ1) is 19.2. The zero-order chi connectivity index (χ0) is 12.1. The van der Waals surface area contributed by atoms with Crippen LogP contribution in [-0.2, 0) is 6.42 Å². The highest BCUT2D eigenvalue weighted by molar-refractivity contribution is 7.12. The first-order valence-electron chi connectivity index (χ1n) is 6.88. The largest absolute Gasteiger partial charge is 0.314 e. The van der Waals surface area contributed by atoms with E-state index in [1.807, 2.05) is 11.3 Å². The number of nitrogens with one attached hydrogen (secondary N) is 1. The lowest BCUT2D eigenvalue weighted by Gasteiger charge is -2.34. The maximum absolute atomic E-state index is 3.44. The van der Waals surface area contributed by atoms with E-state index in [1.165, 1.54) is 37.2 Å². The number of halogens is 2.